The number of nitro groups is 2. The van der Waals surface area contributed by atoms with E-state index in [1.54, 1.807) is 0 Å². The van der Waals surface area contributed by atoms with E-state index in [1.807, 2.05) is 18.7 Å². The van der Waals surface area contributed by atoms with Crippen LogP contribution in [-0.2, 0) is 28.1 Å². The monoisotopic (exact) mass is 762 g/mol. The van der Waals surface area contributed by atoms with Gasteiger partial charge in [0, 0.05) is 76.6 Å². The highest BCUT2D eigenvalue weighted by Crippen LogP contribution is 2.61. The molecule has 5 heterocycles. The van der Waals surface area contributed by atoms with Crippen LogP contribution in [0.4, 0.5) is 22.7 Å². The number of hydrazone groups is 2. The van der Waals surface area contributed by atoms with Crippen molar-refractivity contribution in [2.75, 3.05) is 115 Å². The molecule has 0 aliphatic carbocycles. The van der Waals surface area contributed by atoms with Crippen LogP contribution in [0.5, 0.6) is 0 Å². The van der Waals surface area contributed by atoms with Crippen LogP contribution in [0.25, 0.3) is 0 Å². The number of morpholine rings is 4. The third-order valence-corrected chi connectivity index (χ3v) is 15.6. The minimum atomic E-state index is -3.89. The van der Waals surface area contributed by atoms with Gasteiger partial charge in [0.1, 0.15) is 0 Å². The lowest BCUT2D eigenvalue weighted by Crippen LogP contribution is -2.53. The summed E-state index contributed by atoms with van der Waals surface area (Å²) < 4.78 is 62.1. The third-order valence-electron chi connectivity index (χ3n) is 9.37. The van der Waals surface area contributed by atoms with E-state index in [1.165, 1.54) is 58.5 Å². The Morgan fingerprint density at radius 1 is 0.481 bits per heavy atom. The fourth-order valence-electron chi connectivity index (χ4n) is 6.66. The predicted molar refractivity (Wildman–Crippen MR) is 191 cm³/mol. The molecule has 0 N–H and O–H groups in total. The number of anilines is 2. The van der Waals surface area contributed by atoms with Gasteiger partial charge in [-0.05, 0) is 24.3 Å². The summed E-state index contributed by atoms with van der Waals surface area (Å²) in [5, 5.41) is 36.4. The first-order valence-electron chi connectivity index (χ1n) is 17.0. The number of nitro benzene ring substituents is 2. The van der Waals surface area contributed by atoms with Gasteiger partial charge in [-0.3, -0.25) is 29.4 Å². The van der Waals surface area contributed by atoms with E-state index in [9.17, 15) is 20.2 Å². The SMILES string of the molecule is O=[N+]([O-])c1ccc(N2N=C(P(=O)(N3CCOCC3)N3CCOCC3)N(c3ccc([N+](=O)[O-])cc3)N=C2P(=O)(N2CCOCC2)N2CCOCC2)cc1. The molecule has 0 atom stereocenters. The van der Waals surface area contributed by atoms with Crippen LogP contribution in [0.15, 0.2) is 58.7 Å². The second-order valence-corrected chi connectivity index (χ2v) is 17.6. The van der Waals surface area contributed by atoms with Crippen molar-refractivity contribution in [3.63, 3.8) is 0 Å². The maximum atomic E-state index is 16.1. The first-order chi connectivity index (χ1) is 25.2. The van der Waals surface area contributed by atoms with Gasteiger partial charge in [0.25, 0.3) is 26.3 Å². The van der Waals surface area contributed by atoms with Crippen molar-refractivity contribution in [2.45, 2.75) is 0 Å². The number of benzene rings is 2. The van der Waals surface area contributed by atoms with Gasteiger partial charge in [0.2, 0.25) is 11.2 Å². The van der Waals surface area contributed by atoms with E-state index in [0.717, 1.165) is 0 Å². The Morgan fingerprint density at radius 2 is 0.731 bits per heavy atom. The zero-order chi connectivity index (χ0) is 36.3. The largest absolute Gasteiger partial charge is 0.379 e. The Balaban J connectivity index is 1.48. The molecule has 0 amide bonds. The number of ether oxygens (including phenoxy) is 4. The van der Waals surface area contributed by atoms with E-state index in [0.29, 0.717) is 117 Å². The minimum Gasteiger partial charge on any atom is -0.379 e. The Hall–Kier alpha value is -3.68. The van der Waals surface area contributed by atoms with Crippen LogP contribution in [0, 0.1) is 20.2 Å². The molecule has 2 aromatic carbocycles. The van der Waals surface area contributed by atoms with Crippen molar-refractivity contribution >= 4 is 48.8 Å². The molecule has 4 fully saturated rings. The van der Waals surface area contributed by atoms with Crippen LogP contribution < -0.4 is 10.0 Å². The van der Waals surface area contributed by atoms with Gasteiger partial charge in [-0.15, -0.1) is 10.2 Å². The molecule has 2 aromatic rings. The zero-order valence-electron chi connectivity index (χ0n) is 28.4. The van der Waals surface area contributed by atoms with Gasteiger partial charge in [0.05, 0.1) is 74.1 Å². The van der Waals surface area contributed by atoms with E-state index >= 15 is 9.13 Å². The van der Waals surface area contributed by atoms with Crippen molar-refractivity contribution in [1.82, 2.24) is 18.7 Å². The van der Waals surface area contributed by atoms with Crippen LogP contribution >= 0.6 is 14.9 Å². The second-order valence-electron chi connectivity index (χ2n) is 12.3. The smallest absolute Gasteiger partial charge is 0.284 e. The Morgan fingerprint density at radius 3 is 0.962 bits per heavy atom. The van der Waals surface area contributed by atoms with E-state index in [2.05, 4.69) is 0 Å². The number of non-ortho nitro benzene ring substituents is 2. The van der Waals surface area contributed by atoms with E-state index < -0.39 is 24.7 Å². The predicted octanol–water partition coefficient (Wildman–Crippen LogP) is 3.09. The molecule has 22 heteroatoms. The maximum Gasteiger partial charge on any atom is 0.284 e. The number of hydrogen-bond donors (Lipinski definition) is 0. The summed E-state index contributed by atoms with van der Waals surface area (Å²) >= 11 is 0. The normalized spacial score (nSPS) is 22.2. The summed E-state index contributed by atoms with van der Waals surface area (Å²) in [4.78, 5) is 22.3. The highest BCUT2D eigenvalue weighted by atomic mass is 31.2. The lowest BCUT2D eigenvalue weighted by atomic mass is 10.3. The molecule has 280 valence electrons. The minimum absolute atomic E-state index is 0.00256. The summed E-state index contributed by atoms with van der Waals surface area (Å²) in [6, 6.07) is 11.3. The third kappa shape index (κ3) is 7.03. The highest BCUT2D eigenvalue weighted by Gasteiger charge is 2.53. The maximum absolute atomic E-state index is 16.1. The molecule has 5 aliphatic rings. The number of rotatable bonds is 10. The van der Waals surface area contributed by atoms with Gasteiger partial charge < -0.3 is 18.9 Å². The number of nitrogens with zero attached hydrogens (tertiary/aromatic N) is 10. The van der Waals surface area contributed by atoms with Crippen molar-refractivity contribution in [2.24, 2.45) is 10.2 Å². The van der Waals surface area contributed by atoms with Crippen LogP contribution in [-0.4, -0.2) is 145 Å². The Labute approximate surface area is 299 Å². The summed E-state index contributed by atoms with van der Waals surface area (Å²) in [6.07, 6.45) is 0. The molecule has 0 spiro atoms. The molecule has 20 nitrogen and oxygen atoms in total. The molecule has 0 radical (unpaired) electrons. The second kappa shape index (κ2) is 15.7. The molecule has 52 heavy (non-hydrogen) atoms. The van der Waals surface area contributed by atoms with Crippen LogP contribution in [0.3, 0.4) is 0 Å². The summed E-state index contributed by atoms with van der Waals surface area (Å²) in [5.41, 5.74) is 0.302. The summed E-state index contributed by atoms with van der Waals surface area (Å²) in [7, 11) is -7.78. The first-order valence-corrected chi connectivity index (χ1v) is 20.2. The fraction of sp³-hybridized carbons (Fsp3) is 0.533. The molecule has 5 aliphatic heterocycles. The molecule has 7 rings (SSSR count). The fourth-order valence-corrected chi connectivity index (χ4v) is 12.4. The van der Waals surface area contributed by atoms with Gasteiger partial charge >= 0.3 is 0 Å². The lowest BCUT2D eigenvalue weighted by Gasteiger charge is -2.47. The summed E-state index contributed by atoms with van der Waals surface area (Å²) in [6.45, 7) is 5.10. The van der Waals surface area contributed by atoms with E-state index in [-0.39, 0.29) is 22.5 Å². The average molecular weight is 763 g/mol. The molecular weight excluding hydrogens is 722 g/mol. The lowest BCUT2D eigenvalue weighted by molar-refractivity contribution is -0.385. The molecule has 4 saturated heterocycles. The van der Waals surface area contributed by atoms with Crippen molar-refractivity contribution in [1.29, 1.82) is 0 Å². The Bertz CT molecular complexity index is 1600. The number of hydrogen-bond acceptors (Lipinski definition) is 14. The van der Waals surface area contributed by atoms with Crippen molar-refractivity contribution in [3.05, 3.63) is 68.8 Å². The molecule has 0 bridgehead atoms. The standard InChI is InChI=1S/C30H40N10O10P2/c41-39(42)27-5-1-25(2-6-27)37-29(51(45,33-9-17-47-18-10-33)34-11-19-48-20-12-34)32-38(26-3-7-28(8-4-26)40(43)44)30(31-37)52(46,35-13-21-49-22-14-35)36-15-23-50-24-16-36/h1-8H,9-24H2. The average Bonchev–Trinajstić information content (AvgIpc) is 3.21. The Kier molecular flexibility index (Phi) is 11.1. The van der Waals surface area contributed by atoms with Crippen LogP contribution in [0.2, 0.25) is 0 Å². The van der Waals surface area contributed by atoms with Gasteiger partial charge in [-0.1, -0.05) is 0 Å². The molecule has 0 saturated carbocycles. The first kappa shape index (κ1) is 36.7. The molecule has 0 aromatic heterocycles. The summed E-state index contributed by atoms with van der Waals surface area (Å²) in [5.74, 6) is 0. The highest BCUT2D eigenvalue weighted by molar-refractivity contribution is 7.78. The topological polar surface area (TPSA) is 202 Å². The quantitative estimate of drug-likeness (QED) is 0.194. The van der Waals surface area contributed by atoms with Crippen molar-refractivity contribution < 1.29 is 37.9 Å². The molecule has 0 unspecified atom stereocenters. The number of amidine groups is 2. The van der Waals surface area contributed by atoms with Gasteiger partial charge in [-0.25, -0.2) is 28.7 Å². The molecular formula is C30H40N10O10P2. The van der Waals surface area contributed by atoms with Gasteiger partial charge in [-0.2, -0.15) is 0 Å². The van der Waals surface area contributed by atoms with Crippen molar-refractivity contribution in [3.8, 4) is 0 Å². The van der Waals surface area contributed by atoms with E-state index in [4.69, 9.17) is 29.2 Å². The van der Waals surface area contributed by atoms with Crippen LogP contribution in [0.1, 0.15) is 0 Å². The van der Waals surface area contributed by atoms with Gasteiger partial charge in [0.15, 0.2) is 0 Å². The zero-order valence-corrected chi connectivity index (χ0v) is 30.2.